The molecule has 1 spiro atoms. The van der Waals surface area contributed by atoms with Crippen molar-refractivity contribution in [2.75, 3.05) is 19.0 Å². The van der Waals surface area contributed by atoms with Gasteiger partial charge in [-0.25, -0.2) is 9.18 Å². The molecule has 3 atom stereocenters. The zero-order valence-corrected chi connectivity index (χ0v) is 33.3. The number of hydrogen-bond donors (Lipinski definition) is 1. The summed E-state index contributed by atoms with van der Waals surface area (Å²) in [4.78, 5) is 18.3. The summed E-state index contributed by atoms with van der Waals surface area (Å²) in [5, 5.41) is 4.21. The van der Waals surface area contributed by atoms with Crippen LogP contribution < -0.4 is 10.1 Å². The number of anilines is 1. The van der Waals surface area contributed by atoms with Gasteiger partial charge in [0.15, 0.2) is 8.32 Å². The molecule has 9 heteroatoms. The summed E-state index contributed by atoms with van der Waals surface area (Å²) in [7, 11) is -0.552. The van der Waals surface area contributed by atoms with Gasteiger partial charge in [-0.3, -0.25) is 4.98 Å². The molecule has 6 nitrogen and oxygen atoms in total. The van der Waals surface area contributed by atoms with E-state index in [0.29, 0.717) is 30.4 Å². The Labute approximate surface area is 309 Å². The monoisotopic (exact) mass is 732 g/mol. The van der Waals surface area contributed by atoms with E-state index in [1.54, 1.807) is 12.1 Å². The van der Waals surface area contributed by atoms with Gasteiger partial charge < -0.3 is 19.2 Å². The maximum atomic E-state index is 14.6. The van der Waals surface area contributed by atoms with E-state index in [0.717, 1.165) is 60.4 Å². The van der Waals surface area contributed by atoms with Gasteiger partial charge in [0.25, 0.3) is 0 Å². The Hall–Kier alpha value is -3.20. The highest BCUT2D eigenvalue weighted by Gasteiger charge is 2.52. The molecular formula is C42H54ClFN2O4Si. The zero-order chi connectivity index (χ0) is 36.8. The Bertz CT molecular complexity index is 1800. The molecule has 3 aromatic rings. The summed E-state index contributed by atoms with van der Waals surface area (Å²) < 4.78 is 33.5. The lowest BCUT2D eigenvalue weighted by molar-refractivity contribution is -0.147. The second kappa shape index (κ2) is 14.3. The molecule has 3 aliphatic rings. The molecule has 1 saturated carbocycles. The molecular weight excluding hydrogens is 679 g/mol. The van der Waals surface area contributed by atoms with E-state index in [9.17, 15) is 9.18 Å². The van der Waals surface area contributed by atoms with E-state index in [4.69, 9.17) is 30.5 Å². The molecule has 0 radical (unpaired) electrons. The predicted octanol–water partition coefficient (Wildman–Crippen LogP) is 11.2. The van der Waals surface area contributed by atoms with E-state index in [1.807, 2.05) is 42.6 Å². The van der Waals surface area contributed by atoms with E-state index < -0.39 is 13.9 Å². The molecule has 1 heterocycles. The number of pyridine rings is 1. The van der Waals surface area contributed by atoms with Crippen LogP contribution in [-0.2, 0) is 19.4 Å². The molecule has 0 aliphatic heterocycles. The summed E-state index contributed by atoms with van der Waals surface area (Å²) in [5.74, 6) is 0.893. The van der Waals surface area contributed by atoms with Crippen molar-refractivity contribution in [3.8, 4) is 5.75 Å². The van der Waals surface area contributed by atoms with Crippen LogP contribution in [0, 0.1) is 11.7 Å². The number of benzene rings is 2. The van der Waals surface area contributed by atoms with Gasteiger partial charge in [-0.2, -0.15) is 0 Å². The van der Waals surface area contributed by atoms with E-state index in [1.165, 1.54) is 18.2 Å². The summed E-state index contributed by atoms with van der Waals surface area (Å²) in [5.41, 5.74) is 5.13. The lowest BCUT2D eigenvalue weighted by Gasteiger charge is -2.46. The standard InChI is InChI=1S/C42H54ClFN2O4Si/c1-27(26-49-35-16-21-45-38-36(15-12-28(2)37(35)38)50-51(7,8)40(3,4)5)22-30-23-29-24-32(44)13-14-34(29)41(30)17-19-42(20-18-41,39(47)48-6)46-33-11-9-10-31(43)25-33/h9-11,13-14,16,21,23-25,27-28,36,46H,12,15,17-20,22,26H2,1-8H3/t27-,28-,36-,41?,42?/m1/s1. The Morgan fingerprint density at radius 2 is 1.84 bits per heavy atom. The third-order valence-electron chi connectivity index (χ3n) is 12.2. The van der Waals surface area contributed by atoms with Crippen molar-refractivity contribution in [2.24, 2.45) is 5.92 Å². The third kappa shape index (κ3) is 7.38. The minimum Gasteiger partial charge on any atom is -0.493 e. The number of aromatic nitrogens is 1. The minimum atomic E-state index is -1.99. The molecule has 6 rings (SSSR count). The van der Waals surface area contributed by atoms with Gasteiger partial charge in [-0.05, 0) is 122 Å². The minimum absolute atomic E-state index is 0.0164. The van der Waals surface area contributed by atoms with E-state index >= 15 is 0 Å². The van der Waals surface area contributed by atoms with Crippen LogP contribution in [-0.4, -0.2) is 38.5 Å². The van der Waals surface area contributed by atoms with Crippen LogP contribution in [0.2, 0.25) is 23.2 Å². The molecule has 0 bridgehead atoms. The number of methoxy groups -OCH3 is 1. The first kappa shape index (κ1) is 37.6. The van der Waals surface area contributed by atoms with Crippen LogP contribution in [0.4, 0.5) is 10.1 Å². The molecule has 1 N–H and O–H groups in total. The Kier molecular flexibility index (Phi) is 10.5. The fraction of sp³-hybridized carbons (Fsp3) is 0.524. The normalized spacial score (nSPS) is 25.1. The number of carbonyl (C=O) groups is 1. The summed E-state index contributed by atoms with van der Waals surface area (Å²) in [6.07, 6.45) is 9.39. The van der Waals surface area contributed by atoms with Crippen LogP contribution in [0.1, 0.15) is 114 Å². The number of esters is 1. The summed E-state index contributed by atoms with van der Waals surface area (Å²) >= 11 is 6.30. The number of hydrogen-bond acceptors (Lipinski definition) is 6. The van der Waals surface area contributed by atoms with Gasteiger partial charge in [0.1, 0.15) is 17.1 Å². The van der Waals surface area contributed by atoms with Gasteiger partial charge in [0.2, 0.25) is 0 Å². The van der Waals surface area contributed by atoms with Gasteiger partial charge in [-0.15, -0.1) is 0 Å². The quantitative estimate of drug-likeness (QED) is 0.165. The SMILES string of the molecule is COC(=O)C1(Nc2cccc(Cl)c2)CCC2(CC1)C(C[C@@H](C)COc1ccnc3c1[C@H](C)CC[C@H]3O[Si](C)(C)C(C)(C)C)=Cc1cc(F)ccc12. The summed E-state index contributed by atoms with van der Waals surface area (Å²) in [6, 6.07) is 14.6. The Balaban J connectivity index is 1.21. The largest absolute Gasteiger partial charge is 0.493 e. The number of allylic oxidation sites excluding steroid dienone is 1. The van der Waals surface area contributed by atoms with Crippen molar-refractivity contribution in [3.63, 3.8) is 0 Å². The Morgan fingerprint density at radius 3 is 2.53 bits per heavy atom. The fourth-order valence-corrected chi connectivity index (χ4v) is 9.78. The molecule has 0 unspecified atom stereocenters. The molecule has 1 aromatic heterocycles. The number of fused-ring (bicyclic) bond motifs is 3. The Morgan fingerprint density at radius 1 is 1.10 bits per heavy atom. The molecule has 274 valence electrons. The number of halogens is 2. The van der Waals surface area contributed by atoms with Crippen LogP contribution in [0.15, 0.2) is 60.3 Å². The maximum absolute atomic E-state index is 14.6. The lowest BCUT2D eigenvalue weighted by atomic mass is 9.61. The van der Waals surface area contributed by atoms with E-state index in [-0.39, 0.29) is 34.3 Å². The van der Waals surface area contributed by atoms with Crippen LogP contribution >= 0.6 is 11.6 Å². The van der Waals surface area contributed by atoms with Crippen molar-refractivity contribution in [3.05, 3.63) is 93.5 Å². The molecule has 1 fully saturated rings. The van der Waals surface area contributed by atoms with Crippen LogP contribution in [0.5, 0.6) is 5.75 Å². The average molecular weight is 733 g/mol. The fourth-order valence-electron chi connectivity index (χ4n) is 8.30. The molecule has 0 amide bonds. The molecule has 3 aliphatic carbocycles. The first-order chi connectivity index (χ1) is 24.1. The lowest BCUT2D eigenvalue weighted by Crippen LogP contribution is -2.52. The second-order valence-corrected chi connectivity index (χ2v) is 22.0. The van der Waals surface area contributed by atoms with Gasteiger partial charge >= 0.3 is 5.97 Å². The highest BCUT2D eigenvalue weighted by Crippen LogP contribution is 2.55. The number of carbonyl (C=O) groups excluding carboxylic acids is 1. The first-order valence-corrected chi connectivity index (χ1v) is 21.8. The van der Waals surface area contributed by atoms with Crippen molar-refractivity contribution in [1.29, 1.82) is 0 Å². The highest BCUT2D eigenvalue weighted by molar-refractivity contribution is 6.74. The van der Waals surface area contributed by atoms with Gasteiger partial charge in [-0.1, -0.05) is 70.0 Å². The van der Waals surface area contributed by atoms with Crippen molar-refractivity contribution < 1.29 is 23.1 Å². The smallest absolute Gasteiger partial charge is 0.331 e. The number of ether oxygens (including phenoxy) is 2. The number of nitrogens with one attached hydrogen (secondary N) is 1. The third-order valence-corrected chi connectivity index (χ3v) is 16.9. The first-order valence-electron chi connectivity index (χ1n) is 18.5. The van der Waals surface area contributed by atoms with Crippen molar-refractivity contribution in [1.82, 2.24) is 4.98 Å². The second-order valence-electron chi connectivity index (χ2n) is 16.8. The van der Waals surface area contributed by atoms with Gasteiger partial charge in [0.05, 0.1) is 25.5 Å². The number of rotatable bonds is 10. The van der Waals surface area contributed by atoms with Crippen LogP contribution in [0.25, 0.3) is 6.08 Å². The van der Waals surface area contributed by atoms with Crippen molar-refractivity contribution in [2.45, 2.75) is 121 Å². The average Bonchev–Trinajstić information content (AvgIpc) is 3.36. The van der Waals surface area contributed by atoms with Crippen molar-refractivity contribution >= 4 is 37.7 Å². The summed E-state index contributed by atoms with van der Waals surface area (Å²) in [6.45, 7) is 16.5. The molecule has 51 heavy (non-hydrogen) atoms. The molecule has 2 aromatic carbocycles. The number of nitrogens with zero attached hydrogens (tertiary/aromatic N) is 1. The van der Waals surface area contributed by atoms with Crippen LogP contribution in [0.3, 0.4) is 0 Å². The predicted molar refractivity (Wildman–Crippen MR) is 207 cm³/mol. The molecule has 0 saturated heterocycles. The van der Waals surface area contributed by atoms with E-state index in [2.05, 4.69) is 59.1 Å². The maximum Gasteiger partial charge on any atom is 0.331 e. The van der Waals surface area contributed by atoms with Gasteiger partial charge in [0, 0.05) is 27.9 Å². The highest BCUT2D eigenvalue weighted by atomic mass is 35.5. The zero-order valence-electron chi connectivity index (χ0n) is 31.5. The topological polar surface area (TPSA) is 69.7 Å².